The molecule has 0 aromatic rings. The summed E-state index contributed by atoms with van der Waals surface area (Å²) in [6.07, 6.45) is 0.244. The molecule has 5 nitrogen and oxygen atoms in total. The van der Waals surface area contributed by atoms with E-state index >= 15 is 0 Å². The molecule has 0 rings (SSSR count). The van der Waals surface area contributed by atoms with Crippen molar-refractivity contribution in [3.05, 3.63) is 0 Å². The minimum Gasteiger partial charge on any atom is -0.444 e. The van der Waals surface area contributed by atoms with Crippen LogP contribution in [0.4, 0.5) is 4.79 Å². The zero-order valence-corrected chi connectivity index (χ0v) is 9.16. The Labute approximate surface area is 84.4 Å². The largest absolute Gasteiger partial charge is 0.444 e. The molecule has 0 bridgehead atoms. The number of hydrogen-bond acceptors (Lipinski definition) is 3. The van der Waals surface area contributed by atoms with Crippen molar-refractivity contribution in [3.8, 4) is 0 Å². The zero-order chi connectivity index (χ0) is 11.2. The highest BCUT2D eigenvalue weighted by Crippen LogP contribution is 2.05. The summed E-state index contributed by atoms with van der Waals surface area (Å²) in [5, 5.41) is 2.54. The van der Waals surface area contributed by atoms with Crippen molar-refractivity contribution in [1.29, 1.82) is 0 Å². The van der Waals surface area contributed by atoms with Gasteiger partial charge in [-0.15, -0.1) is 0 Å². The van der Waals surface area contributed by atoms with Crippen LogP contribution in [0, 0.1) is 0 Å². The molecule has 0 radical (unpaired) electrons. The van der Waals surface area contributed by atoms with E-state index < -0.39 is 11.7 Å². The van der Waals surface area contributed by atoms with Crippen molar-refractivity contribution in [1.82, 2.24) is 10.2 Å². The maximum absolute atomic E-state index is 11.1. The van der Waals surface area contributed by atoms with Gasteiger partial charge >= 0.3 is 6.09 Å². The summed E-state index contributed by atoms with van der Waals surface area (Å²) in [7, 11) is 1.64. The van der Waals surface area contributed by atoms with Gasteiger partial charge in [-0.1, -0.05) is 0 Å². The van der Waals surface area contributed by atoms with E-state index in [0.29, 0.717) is 19.5 Å². The predicted octanol–water partition coefficient (Wildman–Crippen LogP) is 0.599. The lowest BCUT2D eigenvalue weighted by atomic mass is 10.2. The van der Waals surface area contributed by atoms with Crippen LogP contribution in [0.1, 0.15) is 20.8 Å². The molecule has 0 aliphatic carbocycles. The smallest absolute Gasteiger partial charge is 0.407 e. The van der Waals surface area contributed by atoms with Crippen LogP contribution < -0.4 is 5.32 Å². The normalized spacial score (nSPS) is 10.6. The highest BCUT2D eigenvalue weighted by molar-refractivity contribution is 5.67. The van der Waals surface area contributed by atoms with Crippen LogP contribution in [0.3, 0.4) is 0 Å². The van der Waals surface area contributed by atoms with Crippen LogP contribution in [-0.4, -0.2) is 43.1 Å². The molecule has 82 valence electrons. The molecular weight excluding hydrogens is 184 g/mol. The Morgan fingerprint density at radius 3 is 2.50 bits per heavy atom. The van der Waals surface area contributed by atoms with E-state index in [2.05, 4.69) is 5.32 Å². The van der Waals surface area contributed by atoms with Gasteiger partial charge in [-0.3, -0.25) is 4.79 Å². The number of nitrogens with one attached hydrogen (secondary N) is 1. The van der Waals surface area contributed by atoms with Crippen LogP contribution in [0.2, 0.25) is 0 Å². The molecule has 0 atom stereocenters. The van der Waals surface area contributed by atoms with Crippen molar-refractivity contribution in [3.63, 3.8) is 0 Å². The molecule has 0 fully saturated rings. The molecule has 0 heterocycles. The van der Waals surface area contributed by atoms with Crippen LogP contribution in [-0.2, 0) is 9.53 Å². The maximum atomic E-state index is 11.1. The van der Waals surface area contributed by atoms with Gasteiger partial charge in [-0.05, 0) is 20.8 Å². The first-order valence-corrected chi connectivity index (χ1v) is 4.47. The van der Waals surface area contributed by atoms with Crippen molar-refractivity contribution in [2.24, 2.45) is 0 Å². The van der Waals surface area contributed by atoms with Crippen molar-refractivity contribution in [2.75, 3.05) is 20.1 Å². The average Bonchev–Trinajstić information content (AvgIpc) is 2.00. The molecule has 2 amide bonds. The van der Waals surface area contributed by atoms with E-state index in [4.69, 9.17) is 4.74 Å². The molecule has 5 heteroatoms. The van der Waals surface area contributed by atoms with Gasteiger partial charge in [-0.2, -0.15) is 0 Å². The topological polar surface area (TPSA) is 58.6 Å². The quantitative estimate of drug-likeness (QED) is 0.679. The van der Waals surface area contributed by atoms with Crippen LogP contribution >= 0.6 is 0 Å². The Hall–Kier alpha value is -1.26. The standard InChI is InChI=1S/C9H18N2O3/c1-9(2,3)14-8(13)10-5-6-11(4)7-12/h7H,5-6H2,1-4H3,(H,10,13). The molecule has 0 aromatic heterocycles. The second-order valence-electron chi connectivity index (χ2n) is 4.01. The van der Waals surface area contributed by atoms with Gasteiger partial charge in [0.05, 0.1) is 0 Å². The minimum absolute atomic E-state index is 0.393. The third-order valence-corrected chi connectivity index (χ3v) is 1.31. The van der Waals surface area contributed by atoms with E-state index in [9.17, 15) is 9.59 Å². The van der Waals surface area contributed by atoms with Crippen molar-refractivity contribution in [2.45, 2.75) is 26.4 Å². The first-order chi connectivity index (χ1) is 6.35. The van der Waals surface area contributed by atoms with Crippen molar-refractivity contribution >= 4 is 12.5 Å². The van der Waals surface area contributed by atoms with Crippen LogP contribution in [0.25, 0.3) is 0 Å². The Kier molecular flexibility index (Phi) is 4.97. The summed E-state index contributed by atoms with van der Waals surface area (Å²) in [6.45, 7) is 6.26. The van der Waals surface area contributed by atoms with E-state index in [-0.39, 0.29) is 0 Å². The number of carbonyl (C=O) groups is 2. The first kappa shape index (κ1) is 12.7. The fourth-order valence-electron chi connectivity index (χ4n) is 0.701. The molecule has 0 aromatic carbocycles. The van der Waals surface area contributed by atoms with Crippen LogP contribution in [0.5, 0.6) is 0 Å². The third kappa shape index (κ3) is 7.39. The highest BCUT2D eigenvalue weighted by Gasteiger charge is 2.15. The molecule has 1 N–H and O–H groups in total. The van der Waals surface area contributed by atoms with E-state index in [1.54, 1.807) is 27.8 Å². The molecule has 0 unspecified atom stereocenters. The fourth-order valence-corrected chi connectivity index (χ4v) is 0.701. The lowest BCUT2D eigenvalue weighted by molar-refractivity contribution is -0.116. The van der Waals surface area contributed by atoms with Gasteiger partial charge in [0.1, 0.15) is 5.60 Å². The van der Waals surface area contributed by atoms with Gasteiger partial charge in [-0.25, -0.2) is 4.79 Å². The average molecular weight is 202 g/mol. The Morgan fingerprint density at radius 1 is 1.50 bits per heavy atom. The molecular formula is C9H18N2O3. The highest BCUT2D eigenvalue weighted by atomic mass is 16.6. The SMILES string of the molecule is CN(C=O)CCNC(=O)OC(C)(C)C. The lowest BCUT2D eigenvalue weighted by Gasteiger charge is -2.20. The van der Waals surface area contributed by atoms with E-state index in [1.807, 2.05) is 0 Å². The van der Waals surface area contributed by atoms with Gasteiger partial charge in [0.2, 0.25) is 6.41 Å². The summed E-state index contributed by atoms with van der Waals surface area (Å²) >= 11 is 0. The van der Waals surface area contributed by atoms with Gasteiger partial charge in [0, 0.05) is 20.1 Å². The minimum atomic E-state index is -0.485. The first-order valence-electron chi connectivity index (χ1n) is 4.47. The van der Waals surface area contributed by atoms with Crippen molar-refractivity contribution < 1.29 is 14.3 Å². The summed E-state index contributed by atoms with van der Waals surface area (Å²) < 4.78 is 5.00. The third-order valence-electron chi connectivity index (χ3n) is 1.31. The Bertz CT molecular complexity index is 199. The number of amides is 2. The number of hydrogen-bond donors (Lipinski definition) is 1. The monoisotopic (exact) mass is 202 g/mol. The Morgan fingerprint density at radius 2 is 2.07 bits per heavy atom. The fraction of sp³-hybridized carbons (Fsp3) is 0.778. The summed E-state index contributed by atoms with van der Waals surface area (Å²) in [5.41, 5.74) is -0.485. The van der Waals surface area contributed by atoms with Gasteiger partial charge in [0.15, 0.2) is 0 Å². The van der Waals surface area contributed by atoms with E-state index in [1.165, 1.54) is 4.90 Å². The van der Waals surface area contributed by atoms with E-state index in [0.717, 1.165) is 0 Å². The lowest BCUT2D eigenvalue weighted by Crippen LogP contribution is -2.36. The molecule has 0 saturated heterocycles. The van der Waals surface area contributed by atoms with Crippen LogP contribution in [0.15, 0.2) is 0 Å². The van der Waals surface area contributed by atoms with Gasteiger partial charge in [0.25, 0.3) is 0 Å². The zero-order valence-electron chi connectivity index (χ0n) is 9.16. The molecule has 0 aliphatic heterocycles. The number of carbonyl (C=O) groups excluding carboxylic acids is 2. The number of rotatable bonds is 4. The maximum Gasteiger partial charge on any atom is 0.407 e. The summed E-state index contributed by atoms with van der Waals surface area (Å²) in [6, 6.07) is 0. The Balaban J connectivity index is 3.60. The summed E-state index contributed by atoms with van der Waals surface area (Å²) in [4.78, 5) is 22.7. The number of likely N-dealkylation sites (N-methyl/N-ethyl adjacent to an activating group) is 1. The second kappa shape index (κ2) is 5.47. The summed E-state index contributed by atoms with van der Waals surface area (Å²) in [5.74, 6) is 0. The molecule has 0 saturated carbocycles. The second-order valence-corrected chi connectivity index (χ2v) is 4.01. The molecule has 0 aliphatic rings. The molecule has 14 heavy (non-hydrogen) atoms. The molecule has 0 spiro atoms. The van der Waals surface area contributed by atoms with Gasteiger partial charge < -0.3 is 15.0 Å². The number of ether oxygens (including phenoxy) is 1. The number of nitrogens with zero attached hydrogens (tertiary/aromatic N) is 1. The predicted molar refractivity (Wildman–Crippen MR) is 52.9 cm³/mol. The number of alkyl carbamates (subject to hydrolysis) is 1.